The highest BCUT2D eigenvalue weighted by molar-refractivity contribution is 5.95. The second-order valence-corrected chi connectivity index (χ2v) is 5.00. The maximum Gasteiger partial charge on any atom is 0.312 e. The number of carbonyl (C=O) groups is 1. The average molecular weight is 330 g/mol. The molecule has 0 bridgehead atoms. The lowest BCUT2D eigenvalue weighted by Crippen LogP contribution is -2.40. The van der Waals surface area contributed by atoms with Crippen LogP contribution in [0.15, 0.2) is 42.5 Å². The lowest BCUT2D eigenvalue weighted by Gasteiger charge is -2.25. The Balaban J connectivity index is 1.74. The molecule has 3 rings (SSSR count). The van der Waals surface area contributed by atoms with Crippen LogP contribution in [0.3, 0.4) is 0 Å². The minimum atomic E-state index is -0.846. The lowest BCUT2D eigenvalue weighted by molar-refractivity contribution is -0.385. The third-order valence-corrected chi connectivity index (χ3v) is 3.44. The van der Waals surface area contributed by atoms with E-state index in [9.17, 15) is 14.9 Å². The molecule has 1 amide bonds. The fraction of sp³-hybridized carbons (Fsp3) is 0.188. The van der Waals surface area contributed by atoms with E-state index in [0.717, 1.165) is 0 Å². The monoisotopic (exact) mass is 330 g/mol. The Labute approximate surface area is 137 Å². The highest BCUT2D eigenvalue weighted by Gasteiger charge is 2.28. The Hall–Kier alpha value is -3.29. The molecule has 0 radical (unpaired) electrons. The molecule has 124 valence electrons. The van der Waals surface area contributed by atoms with Gasteiger partial charge in [-0.15, -0.1) is 0 Å². The molecule has 0 saturated carbocycles. The normalized spacial score (nSPS) is 15.5. The van der Waals surface area contributed by atoms with Gasteiger partial charge in [-0.3, -0.25) is 14.9 Å². The number of nitro benzene ring substituents is 1. The summed E-state index contributed by atoms with van der Waals surface area (Å²) in [5.41, 5.74) is 0.0383. The van der Waals surface area contributed by atoms with Crippen molar-refractivity contribution in [2.45, 2.75) is 6.10 Å². The number of para-hydroxylation sites is 2. The number of methoxy groups -OCH3 is 1. The molecule has 0 fully saturated rings. The number of nitro groups is 1. The first-order chi connectivity index (χ1) is 11.6. The molecule has 8 heteroatoms. The van der Waals surface area contributed by atoms with Gasteiger partial charge >= 0.3 is 5.69 Å². The second-order valence-electron chi connectivity index (χ2n) is 5.00. The van der Waals surface area contributed by atoms with Crippen molar-refractivity contribution in [1.29, 1.82) is 0 Å². The van der Waals surface area contributed by atoms with Crippen LogP contribution >= 0.6 is 0 Å². The SMILES string of the molecule is COc1ccc(NC(=O)C2COc3ccccc3O2)cc1[N+](=O)[O-]. The van der Waals surface area contributed by atoms with Gasteiger partial charge in [0.1, 0.15) is 6.61 Å². The highest BCUT2D eigenvalue weighted by atomic mass is 16.6. The predicted octanol–water partition coefficient (Wildman–Crippen LogP) is 2.38. The third-order valence-electron chi connectivity index (χ3n) is 3.44. The molecule has 1 atom stereocenters. The summed E-state index contributed by atoms with van der Waals surface area (Å²) in [4.78, 5) is 22.7. The van der Waals surface area contributed by atoms with Crippen LogP contribution in [0.2, 0.25) is 0 Å². The minimum Gasteiger partial charge on any atom is -0.490 e. The van der Waals surface area contributed by atoms with E-state index in [2.05, 4.69) is 5.32 Å². The minimum absolute atomic E-state index is 0.0566. The van der Waals surface area contributed by atoms with Gasteiger partial charge in [0, 0.05) is 11.8 Å². The molecule has 1 unspecified atom stereocenters. The fourth-order valence-electron chi connectivity index (χ4n) is 2.28. The van der Waals surface area contributed by atoms with Crippen LogP contribution in [0.25, 0.3) is 0 Å². The van der Waals surface area contributed by atoms with Crippen molar-refractivity contribution in [3.63, 3.8) is 0 Å². The number of nitrogens with one attached hydrogen (secondary N) is 1. The van der Waals surface area contributed by atoms with Gasteiger partial charge < -0.3 is 19.5 Å². The fourth-order valence-corrected chi connectivity index (χ4v) is 2.28. The smallest absolute Gasteiger partial charge is 0.312 e. The second kappa shape index (κ2) is 6.45. The van der Waals surface area contributed by atoms with Crippen LogP contribution in [0.1, 0.15) is 0 Å². The quantitative estimate of drug-likeness (QED) is 0.682. The number of benzene rings is 2. The number of fused-ring (bicyclic) bond motifs is 1. The maximum absolute atomic E-state index is 12.3. The van der Waals surface area contributed by atoms with E-state index in [1.807, 2.05) is 0 Å². The maximum atomic E-state index is 12.3. The zero-order valence-electron chi connectivity index (χ0n) is 12.7. The van der Waals surface area contributed by atoms with Crippen LogP contribution in [0.4, 0.5) is 11.4 Å². The number of hydrogen-bond acceptors (Lipinski definition) is 6. The van der Waals surface area contributed by atoms with Crippen LogP contribution in [0, 0.1) is 10.1 Å². The molecule has 1 N–H and O–H groups in total. The van der Waals surface area contributed by atoms with Crippen molar-refractivity contribution >= 4 is 17.3 Å². The summed E-state index contributed by atoms with van der Waals surface area (Å²) < 4.78 is 16.0. The zero-order chi connectivity index (χ0) is 17.1. The summed E-state index contributed by atoms with van der Waals surface area (Å²) in [7, 11) is 1.34. The molecule has 0 aliphatic carbocycles. The molecular formula is C16H14N2O6. The number of ether oxygens (including phenoxy) is 3. The summed E-state index contributed by atoms with van der Waals surface area (Å²) in [6.45, 7) is 0.0566. The van der Waals surface area contributed by atoms with Crippen molar-refractivity contribution in [1.82, 2.24) is 0 Å². The lowest BCUT2D eigenvalue weighted by atomic mass is 10.2. The number of anilines is 1. The molecule has 2 aromatic carbocycles. The van der Waals surface area contributed by atoms with E-state index >= 15 is 0 Å². The van der Waals surface area contributed by atoms with Crippen LogP contribution in [-0.2, 0) is 4.79 Å². The molecule has 24 heavy (non-hydrogen) atoms. The summed E-state index contributed by atoms with van der Waals surface area (Å²) in [6, 6.07) is 11.2. The van der Waals surface area contributed by atoms with E-state index in [-0.39, 0.29) is 23.7 Å². The van der Waals surface area contributed by atoms with Crippen LogP contribution < -0.4 is 19.5 Å². The van der Waals surface area contributed by atoms with Crippen LogP contribution in [-0.4, -0.2) is 30.7 Å². The molecule has 0 aromatic heterocycles. The van der Waals surface area contributed by atoms with Gasteiger partial charge in [0.05, 0.1) is 12.0 Å². The molecule has 1 heterocycles. The molecule has 1 aliphatic heterocycles. The Morgan fingerprint density at radius 1 is 1.29 bits per heavy atom. The molecule has 2 aromatic rings. The van der Waals surface area contributed by atoms with E-state index in [1.54, 1.807) is 24.3 Å². The first kappa shape index (κ1) is 15.6. The molecule has 0 saturated heterocycles. The molecule has 1 aliphatic rings. The number of nitrogens with zero attached hydrogens (tertiary/aromatic N) is 1. The van der Waals surface area contributed by atoms with Gasteiger partial charge in [-0.25, -0.2) is 0 Å². The first-order valence-corrected chi connectivity index (χ1v) is 7.10. The number of carbonyl (C=O) groups excluding carboxylic acids is 1. The van der Waals surface area contributed by atoms with Gasteiger partial charge in [-0.05, 0) is 24.3 Å². The van der Waals surface area contributed by atoms with E-state index in [4.69, 9.17) is 14.2 Å². The molecule has 0 spiro atoms. The van der Waals surface area contributed by atoms with Crippen molar-refractivity contribution in [2.75, 3.05) is 19.0 Å². The molecule has 8 nitrogen and oxygen atoms in total. The third kappa shape index (κ3) is 3.07. The summed E-state index contributed by atoms with van der Waals surface area (Å²) in [5, 5.41) is 13.6. The zero-order valence-corrected chi connectivity index (χ0v) is 12.7. The number of hydrogen-bond donors (Lipinski definition) is 1. The largest absolute Gasteiger partial charge is 0.490 e. The highest BCUT2D eigenvalue weighted by Crippen LogP contribution is 2.32. The number of rotatable bonds is 4. The van der Waals surface area contributed by atoms with E-state index < -0.39 is 16.9 Å². The Kier molecular flexibility index (Phi) is 4.19. The average Bonchev–Trinajstić information content (AvgIpc) is 2.61. The molecular weight excluding hydrogens is 316 g/mol. The summed E-state index contributed by atoms with van der Waals surface area (Å²) >= 11 is 0. The van der Waals surface area contributed by atoms with E-state index in [1.165, 1.54) is 25.3 Å². The van der Waals surface area contributed by atoms with Crippen molar-refractivity contribution in [3.8, 4) is 17.2 Å². The standard InChI is InChI=1S/C16H14N2O6/c1-22-12-7-6-10(8-11(12)18(20)21)17-16(19)15-9-23-13-4-2-3-5-14(13)24-15/h2-8,15H,9H2,1H3,(H,17,19). The van der Waals surface area contributed by atoms with Crippen LogP contribution in [0.5, 0.6) is 17.2 Å². The van der Waals surface area contributed by atoms with Crippen molar-refractivity contribution in [2.24, 2.45) is 0 Å². The van der Waals surface area contributed by atoms with Gasteiger partial charge in [0.25, 0.3) is 5.91 Å². The van der Waals surface area contributed by atoms with Gasteiger partial charge in [0.15, 0.2) is 17.2 Å². The first-order valence-electron chi connectivity index (χ1n) is 7.10. The van der Waals surface area contributed by atoms with Gasteiger partial charge in [-0.1, -0.05) is 12.1 Å². The Bertz CT molecular complexity index is 792. The summed E-state index contributed by atoms with van der Waals surface area (Å²) in [5.74, 6) is 0.708. The van der Waals surface area contributed by atoms with Gasteiger partial charge in [-0.2, -0.15) is 0 Å². The van der Waals surface area contributed by atoms with E-state index in [0.29, 0.717) is 11.5 Å². The predicted molar refractivity (Wildman–Crippen MR) is 84.6 cm³/mol. The Morgan fingerprint density at radius 3 is 2.75 bits per heavy atom. The Morgan fingerprint density at radius 2 is 2.04 bits per heavy atom. The van der Waals surface area contributed by atoms with Gasteiger partial charge in [0.2, 0.25) is 6.10 Å². The van der Waals surface area contributed by atoms with Crippen molar-refractivity contribution < 1.29 is 23.9 Å². The topological polar surface area (TPSA) is 99.9 Å². The number of amides is 1. The summed E-state index contributed by atoms with van der Waals surface area (Å²) in [6.07, 6.45) is -0.846. The van der Waals surface area contributed by atoms with Crippen molar-refractivity contribution in [3.05, 3.63) is 52.6 Å².